The number of fused-ring (bicyclic) bond motifs is 8. The van der Waals surface area contributed by atoms with Gasteiger partial charge in [-0.15, -0.1) is 0 Å². The van der Waals surface area contributed by atoms with Crippen LogP contribution in [0.15, 0.2) is 231 Å². The fraction of sp³-hybridized carbons (Fsp3) is 0.121. The fourth-order valence-corrected chi connectivity index (χ4v) is 12.7. The second kappa shape index (κ2) is 15.0. The van der Waals surface area contributed by atoms with Gasteiger partial charge in [-0.1, -0.05) is 185 Å². The molecular weight excluding hydrogens is 821 g/mol. The van der Waals surface area contributed by atoms with E-state index in [-0.39, 0.29) is 10.8 Å². The van der Waals surface area contributed by atoms with Crippen LogP contribution in [0.5, 0.6) is 0 Å². The van der Waals surface area contributed by atoms with Crippen molar-refractivity contribution < 1.29 is 0 Å². The van der Waals surface area contributed by atoms with Crippen molar-refractivity contribution >= 4 is 49.6 Å². The summed E-state index contributed by atoms with van der Waals surface area (Å²) in [5.41, 5.74) is 19.8. The van der Waals surface area contributed by atoms with Gasteiger partial charge in [0.15, 0.2) is 0 Å². The van der Waals surface area contributed by atoms with Crippen LogP contribution in [0.1, 0.15) is 67.5 Å². The molecule has 0 saturated carbocycles. The molecule has 2 aliphatic carbocycles. The van der Waals surface area contributed by atoms with E-state index >= 15 is 0 Å². The Balaban J connectivity index is 0.999. The molecule has 2 heteroatoms. The third-order valence-electron chi connectivity index (χ3n) is 15.4. The highest BCUT2D eigenvalue weighted by Crippen LogP contribution is 2.61. The number of benzene rings is 10. The minimum atomic E-state index is -0.493. The first kappa shape index (κ1) is 40.3. The standard InChI is InChI=1S/C66H52N2/c1-64(2)43-65(3,4)61-42-59-56(41-60(61)64)55-40-53(35-36-58(55)66(59,48-20-8-5-9-21-48)49-22-10-6-11-23-49)67(52-34-30-44-18-14-15-19-46(44)38-52)51-32-28-45(29-33-51)47-31-37-63-57(39-47)54-26-16-17-27-62(54)68(63)50-24-12-7-13-25-50/h5-42H,43H2,1-4H3. The van der Waals surface area contributed by atoms with E-state index in [9.17, 15) is 0 Å². The van der Waals surface area contributed by atoms with Crippen LogP contribution in [0, 0.1) is 0 Å². The van der Waals surface area contributed by atoms with Gasteiger partial charge in [-0.3, -0.25) is 0 Å². The van der Waals surface area contributed by atoms with Crippen molar-refractivity contribution in [1.82, 2.24) is 4.57 Å². The van der Waals surface area contributed by atoms with Crippen LogP contribution in [0.4, 0.5) is 17.1 Å². The lowest BCUT2D eigenvalue weighted by Crippen LogP contribution is -2.29. The lowest BCUT2D eigenvalue weighted by atomic mass is 9.67. The zero-order valence-electron chi connectivity index (χ0n) is 39.0. The average molecular weight is 873 g/mol. The van der Waals surface area contributed by atoms with Gasteiger partial charge in [0.25, 0.3) is 0 Å². The van der Waals surface area contributed by atoms with Gasteiger partial charge in [-0.05, 0) is 156 Å². The van der Waals surface area contributed by atoms with Gasteiger partial charge in [-0.25, -0.2) is 0 Å². The Morgan fingerprint density at radius 2 is 0.912 bits per heavy atom. The second-order valence-corrected chi connectivity index (χ2v) is 20.4. The summed E-state index contributed by atoms with van der Waals surface area (Å²) in [4.78, 5) is 2.46. The van der Waals surface area contributed by atoms with Crippen LogP contribution in [0.2, 0.25) is 0 Å². The molecule has 0 saturated heterocycles. The molecule has 13 rings (SSSR count). The predicted molar refractivity (Wildman–Crippen MR) is 286 cm³/mol. The summed E-state index contributed by atoms with van der Waals surface area (Å²) in [5, 5.41) is 4.95. The summed E-state index contributed by atoms with van der Waals surface area (Å²) in [6.45, 7) is 9.75. The van der Waals surface area contributed by atoms with Gasteiger partial charge >= 0.3 is 0 Å². The molecule has 10 aromatic carbocycles. The average Bonchev–Trinajstić information content (AvgIpc) is 3.93. The van der Waals surface area contributed by atoms with Crippen LogP contribution >= 0.6 is 0 Å². The number of para-hydroxylation sites is 2. The van der Waals surface area contributed by atoms with E-state index < -0.39 is 5.41 Å². The predicted octanol–water partition coefficient (Wildman–Crippen LogP) is 17.4. The van der Waals surface area contributed by atoms with Gasteiger partial charge in [0.05, 0.1) is 16.4 Å². The Kier molecular flexibility index (Phi) is 8.92. The van der Waals surface area contributed by atoms with Crippen LogP contribution < -0.4 is 4.90 Å². The molecule has 0 aliphatic heterocycles. The van der Waals surface area contributed by atoms with E-state index in [1.54, 1.807) is 0 Å². The van der Waals surface area contributed by atoms with E-state index in [1.165, 1.54) is 93.9 Å². The summed E-state index contributed by atoms with van der Waals surface area (Å²) < 4.78 is 2.38. The van der Waals surface area contributed by atoms with Crippen LogP contribution in [0.3, 0.4) is 0 Å². The highest BCUT2D eigenvalue weighted by Gasteiger charge is 2.50. The molecule has 2 aliphatic rings. The quantitative estimate of drug-likeness (QED) is 0.155. The SMILES string of the molecule is CC1(C)CC(C)(C)c2cc3c(cc21)-c1cc(N(c2ccc(-c4ccc5c(c4)c4ccccc4n5-c4ccccc4)cc2)c2ccc4ccccc4c2)ccc1C3(c1ccccc1)c1ccccc1. The Morgan fingerprint density at radius 3 is 1.63 bits per heavy atom. The number of aromatic nitrogens is 1. The van der Waals surface area contributed by atoms with E-state index in [0.717, 1.165) is 23.5 Å². The van der Waals surface area contributed by atoms with Crippen molar-refractivity contribution in [3.63, 3.8) is 0 Å². The Labute approximate surface area is 399 Å². The Morgan fingerprint density at radius 1 is 0.368 bits per heavy atom. The molecule has 0 spiro atoms. The Bertz CT molecular complexity index is 3710. The first-order chi connectivity index (χ1) is 33.2. The lowest BCUT2D eigenvalue weighted by Gasteiger charge is -2.35. The highest BCUT2D eigenvalue weighted by molar-refractivity contribution is 6.10. The number of hydrogen-bond donors (Lipinski definition) is 0. The molecule has 0 fully saturated rings. The van der Waals surface area contributed by atoms with E-state index in [0.29, 0.717) is 0 Å². The highest BCUT2D eigenvalue weighted by atomic mass is 15.1. The summed E-state index contributed by atoms with van der Waals surface area (Å²) in [6, 6.07) is 86.1. The number of nitrogens with zero attached hydrogens (tertiary/aromatic N) is 2. The maximum absolute atomic E-state index is 2.61. The number of hydrogen-bond acceptors (Lipinski definition) is 1. The van der Waals surface area contributed by atoms with Crippen molar-refractivity contribution in [2.24, 2.45) is 0 Å². The van der Waals surface area contributed by atoms with Crippen LogP contribution in [-0.4, -0.2) is 4.57 Å². The first-order valence-corrected chi connectivity index (χ1v) is 24.1. The molecule has 68 heavy (non-hydrogen) atoms. The number of anilines is 3. The molecule has 11 aromatic rings. The van der Waals surface area contributed by atoms with Crippen molar-refractivity contribution in [3.05, 3.63) is 264 Å². The molecular formula is C66H52N2. The second-order valence-electron chi connectivity index (χ2n) is 20.4. The normalized spacial score (nSPS) is 15.1. The molecule has 0 amide bonds. The van der Waals surface area contributed by atoms with Gasteiger partial charge < -0.3 is 9.47 Å². The van der Waals surface area contributed by atoms with E-state index in [4.69, 9.17) is 0 Å². The zero-order chi connectivity index (χ0) is 45.8. The summed E-state index contributed by atoms with van der Waals surface area (Å²) in [6.07, 6.45) is 1.12. The molecule has 0 radical (unpaired) electrons. The van der Waals surface area contributed by atoms with Gasteiger partial charge in [0.2, 0.25) is 0 Å². The molecule has 2 nitrogen and oxygen atoms in total. The maximum Gasteiger partial charge on any atom is 0.0713 e. The molecule has 1 heterocycles. The third-order valence-corrected chi connectivity index (χ3v) is 15.4. The largest absolute Gasteiger partial charge is 0.310 e. The van der Waals surface area contributed by atoms with E-state index in [2.05, 4.69) is 268 Å². The Hall–Kier alpha value is -7.94. The maximum atomic E-state index is 2.61. The van der Waals surface area contributed by atoms with Crippen molar-refractivity contribution in [1.29, 1.82) is 0 Å². The van der Waals surface area contributed by atoms with Gasteiger partial charge in [-0.2, -0.15) is 0 Å². The lowest BCUT2D eigenvalue weighted by molar-refractivity contribution is 0.403. The molecule has 0 bridgehead atoms. The summed E-state index contributed by atoms with van der Waals surface area (Å²) in [7, 11) is 0. The summed E-state index contributed by atoms with van der Waals surface area (Å²) in [5.74, 6) is 0. The minimum Gasteiger partial charge on any atom is -0.310 e. The third kappa shape index (κ3) is 6.03. The topological polar surface area (TPSA) is 8.17 Å². The van der Waals surface area contributed by atoms with Crippen molar-refractivity contribution in [2.75, 3.05) is 4.90 Å². The molecule has 0 N–H and O–H groups in total. The minimum absolute atomic E-state index is 0.0543. The van der Waals surface area contributed by atoms with Crippen LogP contribution in [0.25, 0.3) is 60.5 Å². The molecule has 326 valence electrons. The smallest absolute Gasteiger partial charge is 0.0713 e. The van der Waals surface area contributed by atoms with Crippen molar-refractivity contribution in [3.8, 4) is 27.9 Å². The molecule has 1 aromatic heterocycles. The number of rotatable bonds is 7. The van der Waals surface area contributed by atoms with Crippen LogP contribution in [-0.2, 0) is 16.2 Å². The zero-order valence-corrected chi connectivity index (χ0v) is 39.0. The molecule has 0 atom stereocenters. The van der Waals surface area contributed by atoms with E-state index in [1.807, 2.05) is 0 Å². The molecule has 0 unspecified atom stereocenters. The fourth-order valence-electron chi connectivity index (χ4n) is 12.7. The van der Waals surface area contributed by atoms with Gasteiger partial charge in [0.1, 0.15) is 0 Å². The van der Waals surface area contributed by atoms with Gasteiger partial charge in [0, 0.05) is 33.5 Å². The monoisotopic (exact) mass is 872 g/mol. The first-order valence-electron chi connectivity index (χ1n) is 24.1. The van der Waals surface area contributed by atoms with Crippen molar-refractivity contribution in [2.45, 2.75) is 50.4 Å². The summed E-state index contributed by atoms with van der Waals surface area (Å²) >= 11 is 0.